The lowest BCUT2D eigenvalue weighted by Crippen LogP contribution is -2.27. The lowest BCUT2D eigenvalue weighted by atomic mass is 10.1. The minimum Gasteiger partial charge on any atom is -0.497 e. The van der Waals surface area contributed by atoms with E-state index in [1.54, 1.807) is 20.3 Å². The number of carbonyl (C=O) groups is 1. The third-order valence-electron chi connectivity index (χ3n) is 3.61. The average molecular weight is 376 g/mol. The van der Waals surface area contributed by atoms with Crippen molar-refractivity contribution in [2.75, 3.05) is 26.5 Å². The van der Waals surface area contributed by atoms with Crippen molar-refractivity contribution < 1.29 is 14.3 Å². The van der Waals surface area contributed by atoms with Gasteiger partial charge in [-0.05, 0) is 24.1 Å². The van der Waals surface area contributed by atoms with Gasteiger partial charge in [-0.1, -0.05) is 30.0 Å². The first kappa shape index (κ1) is 20.0. The predicted molar refractivity (Wildman–Crippen MR) is 101 cm³/mol. The number of benzene rings is 1. The van der Waals surface area contributed by atoms with Crippen molar-refractivity contribution in [2.45, 2.75) is 24.7 Å². The van der Waals surface area contributed by atoms with Gasteiger partial charge in [0.2, 0.25) is 5.91 Å². The lowest BCUT2D eigenvalue weighted by molar-refractivity contribution is -0.118. The van der Waals surface area contributed by atoms with Gasteiger partial charge in [0.15, 0.2) is 11.0 Å². The summed E-state index contributed by atoms with van der Waals surface area (Å²) in [5, 5.41) is 11.8. The summed E-state index contributed by atoms with van der Waals surface area (Å²) >= 11 is 1.35. The topological polar surface area (TPSA) is 78.3 Å². The zero-order chi connectivity index (χ0) is 18.8. The van der Waals surface area contributed by atoms with Crippen LogP contribution in [-0.4, -0.2) is 47.2 Å². The summed E-state index contributed by atoms with van der Waals surface area (Å²) in [7, 11) is 3.25. The number of amides is 1. The largest absolute Gasteiger partial charge is 0.497 e. The summed E-state index contributed by atoms with van der Waals surface area (Å²) in [6.45, 7) is 5.27. The molecular formula is C18H24N4O3S. The standard InChI is InChI=1S/C18H24N4O3S/c1-4-11-22-16(12-24-2)20-21-18(22)26-13-17(23)19-10-9-14-5-7-15(25-3)8-6-14/h4-8H,1,9-13H2,2-3H3,(H,19,23). The fourth-order valence-electron chi connectivity index (χ4n) is 2.29. The third kappa shape index (κ3) is 5.89. The molecule has 0 fully saturated rings. The van der Waals surface area contributed by atoms with Gasteiger partial charge in [0.05, 0.1) is 12.9 Å². The Kier molecular flexibility index (Phi) is 8.17. The van der Waals surface area contributed by atoms with Gasteiger partial charge in [0.25, 0.3) is 0 Å². The van der Waals surface area contributed by atoms with Crippen molar-refractivity contribution in [1.82, 2.24) is 20.1 Å². The van der Waals surface area contributed by atoms with Crippen LogP contribution in [0.15, 0.2) is 42.1 Å². The average Bonchev–Trinajstić information content (AvgIpc) is 3.03. The van der Waals surface area contributed by atoms with Crippen LogP contribution in [0.25, 0.3) is 0 Å². The van der Waals surface area contributed by atoms with E-state index in [1.165, 1.54) is 11.8 Å². The first-order chi connectivity index (χ1) is 12.7. The van der Waals surface area contributed by atoms with E-state index in [2.05, 4.69) is 22.1 Å². The summed E-state index contributed by atoms with van der Waals surface area (Å²) in [5.41, 5.74) is 1.15. The van der Waals surface area contributed by atoms with Crippen LogP contribution in [0.2, 0.25) is 0 Å². The van der Waals surface area contributed by atoms with Crippen molar-refractivity contribution in [2.24, 2.45) is 0 Å². The third-order valence-corrected chi connectivity index (χ3v) is 4.57. The van der Waals surface area contributed by atoms with Crippen LogP contribution in [-0.2, 0) is 29.1 Å². The first-order valence-corrected chi connectivity index (χ1v) is 9.20. The maximum atomic E-state index is 12.1. The molecule has 2 aromatic rings. The van der Waals surface area contributed by atoms with E-state index >= 15 is 0 Å². The fraction of sp³-hybridized carbons (Fsp3) is 0.389. The summed E-state index contributed by atoms with van der Waals surface area (Å²) in [6.07, 6.45) is 2.53. The Morgan fingerprint density at radius 2 is 2.08 bits per heavy atom. The Morgan fingerprint density at radius 1 is 1.31 bits per heavy atom. The molecule has 1 aromatic carbocycles. The van der Waals surface area contributed by atoms with Crippen molar-refractivity contribution in [3.8, 4) is 5.75 Å². The molecule has 8 heteroatoms. The molecule has 0 unspecified atom stereocenters. The van der Waals surface area contributed by atoms with Crippen LogP contribution in [0.3, 0.4) is 0 Å². The van der Waals surface area contributed by atoms with Crippen LogP contribution >= 0.6 is 11.8 Å². The number of allylic oxidation sites excluding steroid dienone is 1. The van der Waals surface area contributed by atoms with Gasteiger partial charge < -0.3 is 19.4 Å². The molecule has 140 valence electrons. The zero-order valence-electron chi connectivity index (χ0n) is 15.1. The highest BCUT2D eigenvalue weighted by molar-refractivity contribution is 7.99. The minimum atomic E-state index is -0.0371. The Balaban J connectivity index is 1.78. The molecule has 2 rings (SSSR count). The first-order valence-electron chi connectivity index (χ1n) is 8.22. The van der Waals surface area contributed by atoms with Gasteiger partial charge in [-0.25, -0.2) is 0 Å². The second-order valence-electron chi connectivity index (χ2n) is 5.47. The number of methoxy groups -OCH3 is 2. The maximum Gasteiger partial charge on any atom is 0.230 e. The molecule has 1 N–H and O–H groups in total. The fourth-order valence-corrected chi connectivity index (χ4v) is 3.09. The molecule has 1 amide bonds. The van der Waals surface area contributed by atoms with E-state index in [1.807, 2.05) is 28.8 Å². The van der Waals surface area contributed by atoms with Crippen LogP contribution in [0.5, 0.6) is 5.75 Å². The molecule has 0 saturated carbocycles. The molecule has 7 nitrogen and oxygen atoms in total. The number of aromatic nitrogens is 3. The molecule has 0 aliphatic rings. The van der Waals surface area contributed by atoms with Gasteiger partial charge in [0.1, 0.15) is 12.4 Å². The normalized spacial score (nSPS) is 10.5. The molecule has 0 spiro atoms. The molecule has 0 radical (unpaired) electrons. The van der Waals surface area contributed by atoms with Crippen LogP contribution in [0, 0.1) is 0 Å². The van der Waals surface area contributed by atoms with Gasteiger partial charge in [0, 0.05) is 20.2 Å². The van der Waals surface area contributed by atoms with E-state index in [4.69, 9.17) is 9.47 Å². The van der Waals surface area contributed by atoms with Crippen LogP contribution in [0.4, 0.5) is 0 Å². The van der Waals surface area contributed by atoms with Gasteiger partial charge in [-0.3, -0.25) is 4.79 Å². The summed E-state index contributed by atoms with van der Waals surface area (Å²) in [5.74, 6) is 1.79. The highest BCUT2D eigenvalue weighted by atomic mass is 32.2. The van der Waals surface area contributed by atoms with Crippen LogP contribution in [0.1, 0.15) is 11.4 Å². The Labute approximate surface area is 157 Å². The molecule has 0 bridgehead atoms. The molecule has 0 saturated heterocycles. The SMILES string of the molecule is C=CCn1c(COC)nnc1SCC(=O)NCCc1ccc(OC)cc1. The van der Waals surface area contributed by atoms with E-state index in [-0.39, 0.29) is 11.7 Å². The van der Waals surface area contributed by atoms with Gasteiger partial charge >= 0.3 is 0 Å². The van der Waals surface area contributed by atoms with E-state index in [9.17, 15) is 4.79 Å². The number of ether oxygens (including phenoxy) is 2. The zero-order valence-corrected chi connectivity index (χ0v) is 15.9. The van der Waals surface area contributed by atoms with Gasteiger partial charge in [-0.15, -0.1) is 16.8 Å². The summed E-state index contributed by atoms with van der Waals surface area (Å²) in [4.78, 5) is 12.1. The number of hydrogen-bond donors (Lipinski definition) is 1. The summed E-state index contributed by atoms with van der Waals surface area (Å²) in [6, 6.07) is 7.82. The number of hydrogen-bond acceptors (Lipinski definition) is 6. The quantitative estimate of drug-likeness (QED) is 0.478. The van der Waals surface area contributed by atoms with Crippen molar-refractivity contribution in [3.63, 3.8) is 0 Å². The van der Waals surface area contributed by atoms with Gasteiger partial charge in [-0.2, -0.15) is 0 Å². The number of nitrogens with zero attached hydrogens (tertiary/aromatic N) is 3. The highest BCUT2D eigenvalue weighted by Crippen LogP contribution is 2.17. The van der Waals surface area contributed by atoms with E-state index in [0.717, 1.165) is 23.6 Å². The smallest absolute Gasteiger partial charge is 0.230 e. The molecule has 1 aromatic heterocycles. The van der Waals surface area contributed by atoms with Crippen molar-refractivity contribution in [1.29, 1.82) is 0 Å². The second-order valence-corrected chi connectivity index (χ2v) is 6.41. The highest BCUT2D eigenvalue weighted by Gasteiger charge is 2.13. The van der Waals surface area contributed by atoms with Crippen molar-refractivity contribution in [3.05, 3.63) is 48.3 Å². The Hall–Kier alpha value is -2.32. The minimum absolute atomic E-state index is 0.0371. The summed E-state index contributed by atoms with van der Waals surface area (Å²) < 4.78 is 12.1. The second kappa shape index (κ2) is 10.6. The predicted octanol–water partition coefficient (Wildman–Crippen LogP) is 2.07. The molecule has 26 heavy (non-hydrogen) atoms. The molecule has 0 aliphatic heterocycles. The number of rotatable bonds is 11. The Morgan fingerprint density at radius 3 is 2.73 bits per heavy atom. The molecule has 0 aliphatic carbocycles. The monoisotopic (exact) mass is 376 g/mol. The lowest BCUT2D eigenvalue weighted by Gasteiger charge is -2.08. The van der Waals surface area contributed by atoms with E-state index in [0.29, 0.717) is 24.9 Å². The molecular weight excluding hydrogens is 352 g/mol. The number of carbonyl (C=O) groups excluding carboxylic acids is 1. The van der Waals surface area contributed by atoms with Crippen LogP contribution < -0.4 is 10.1 Å². The van der Waals surface area contributed by atoms with Crippen molar-refractivity contribution >= 4 is 17.7 Å². The molecule has 0 atom stereocenters. The Bertz CT molecular complexity index is 716. The number of nitrogens with one attached hydrogen (secondary N) is 1. The van der Waals surface area contributed by atoms with E-state index < -0.39 is 0 Å². The maximum absolute atomic E-state index is 12.1. The number of thioether (sulfide) groups is 1. The molecule has 1 heterocycles.